The summed E-state index contributed by atoms with van der Waals surface area (Å²) in [6.07, 6.45) is -2.46. The third kappa shape index (κ3) is 4.54. The van der Waals surface area contributed by atoms with E-state index in [0.29, 0.717) is 0 Å². The quantitative estimate of drug-likeness (QED) is 0.569. The predicted molar refractivity (Wildman–Crippen MR) is 85.8 cm³/mol. The van der Waals surface area contributed by atoms with Crippen LogP contribution in [0.25, 0.3) is 4.13 Å². The fourth-order valence-electron chi connectivity index (χ4n) is 3.29. The average Bonchev–Trinajstić information content (AvgIpc) is 2.95. The lowest BCUT2D eigenvalue weighted by atomic mass is 9.98. The number of halogens is 3. The van der Waals surface area contributed by atoms with Crippen molar-refractivity contribution in [3.63, 3.8) is 0 Å². The molecule has 16 heteroatoms. The van der Waals surface area contributed by atoms with E-state index >= 15 is 0 Å². The molecule has 4 atom stereocenters. The van der Waals surface area contributed by atoms with Gasteiger partial charge in [-0.3, -0.25) is 4.18 Å². The maximum Gasteiger partial charge on any atom is 0.480 e. The van der Waals surface area contributed by atoms with Gasteiger partial charge in [-0.25, -0.2) is 16.8 Å². The van der Waals surface area contributed by atoms with Gasteiger partial charge in [0, 0.05) is 0 Å². The van der Waals surface area contributed by atoms with E-state index in [1.165, 1.54) is 13.8 Å². The largest absolute Gasteiger partial charge is 0.480 e. The Morgan fingerprint density at radius 1 is 1.03 bits per heavy atom. The van der Waals surface area contributed by atoms with Crippen molar-refractivity contribution in [1.82, 2.24) is 0 Å². The van der Waals surface area contributed by atoms with Crippen molar-refractivity contribution >= 4 is 20.3 Å². The van der Waals surface area contributed by atoms with Crippen LogP contribution in [0.2, 0.25) is 0 Å². The lowest BCUT2D eigenvalue weighted by Crippen LogP contribution is -2.60. The number of ether oxygens (including phenoxy) is 5. The molecule has 3 aliphatic heterocycles. The van der Waals surface area contributed by atoms with Crippen LogP contribution in [0.1, 0.15) is 27.7 Å². The molecule has 3 rings (SSSR count). The molecule has 0 bridgehead atoms. The highest BCUT2D eigenvalue weighted by Gasteiger charge is 2.65. The van der Waals surface area contributed by atoms with E-state index < -0.39 is 68.1 Å². The number of fused-ring (bicyclic) bond motifs is 3. The Labute approximate surface area is 165 Å². The Hall–Kier alpha value is -0.590. The van der Waals surface area contributed by atoms with Crippen LogP contribution < -0.4 is 0 Å². The van der Waals surface area contributed by atoms with Gasteiger partial charge < -0.3 is 27.8 Å². The van der Waals surface area contributed by atoms with Crippen molar-refractivity contribution in [2.45, 2.75) is 68.9 Å². The molecule has 0 aromatic heterocycles. The Balaban J connectivity index is 1.80. The number of nitrogens with zero attached hydrogens (tertiary/aromatic N) is 1. The Morgan fingerprint density at radius 2 is 1.66 bits per heavy atom. The summed E-state index contributed by atoms with van der Waals surface area (Å²) in [4.78, 5) is 0. The molecule has 0 saturated carbocycles. The van der Waals surface area contributed by atoms with Crippen molar-refractivity contribution in [2.24, 2.45) is 0 Å². The molecule has 3 saturated heterocycles. The fraction of sp³-hybridized carbons (Fsp3) is 1.00. The summed E-state index contributed by atoms with van der Waals surface area (Å²) in [6, 6.07) is 0. The van der Waals surface area contributed by atoms with Gasteiger partial charge in [-0.2, -0.15) is 13.2 Å². The predicted octanol–water partition coefficient (Wildman–Crippen LogP) is 0.869. The minimum absolute atomic E-state index is 0.133. The van der Waals surface area contributed by atoms with Crippen molar-refractivity contribution < 1.29 is 57.9 Å². The SMILES string of the molecule is CC1(C)OC2[C@@H](CO[C@@]3(COS(=O)(=O)[N-]S(=O)(=O)C(F)(F)F)OC(C)(C)O[C@@H]23)O1. The summed E-state index contributed by atoms with van der Waals surface area (Å²) >= 11 is 0. The van der Waals surface area contributed by atoms with Crippen LogP contribution in [-0.4, -0.2) is 71.2 Å². The maximum atomic E-state index is 12.4. The summed E-state index contributed by atoms with van der Waals surface area (Å²) < 4.78 is 117. The monoisotopic (exact) mass is 470 g/mol. The maximum absolute atomic E-state index is 12.4. The molecular formula is C13H19F3NO10S2-. The molecule has 0 amide bonds. The molecule has 11 nitrogen and oxygen atoms in total. The number of hydrogen-bond acceptors (Lipinski definition) is 10. The van der Waals surface area contributed by atoms with E-state index in [9.17, 15) is 30.0 Å². The highest BCUT2D eigenvalue weighted by Crippen LogP contribution is 2.47. The molecule has 3 aliphatic rings. The van der Waals surface area contributed by atoms with E-state index in [4.69, 9.17) is 23.7 Å². The average molecular weight is 470 g/mol. The van der Waals surface area contributed by atoms with Crippen LogP contribution in [-0.2, 0) is 48.2 Å². The zero-order valence-corrected chi connectivity index (χ0v) is 17.3. The summed E-state index contributed by atoms with van der Waals surface area (Å²) in [5.74, 6) is -4.23. The molecule has 0 aliphatic carbocycles. The first-order chi connectivity index (χ1) is 12.9. The van der Waals surface area contributed by atoms with Crippen molar-refractivity contribution in [3.05, 3.63) is 4.13 Å². The fourth-order valence-corrected chi connectivity index (χ4v) is 5.07. The van der Waals surface area contributed by atoms with Crippen molar-refractivity contribution in [2.75, 3.05) is 13.2 Å². The smallest absolute Gasteiger partial charge is 0.404 e. The molecular weight excluding hydrogens is 451 g/mol. The second-order valence-electron chi connectivity index (χ2n) is 7.49. The van der Waals surface area contributed by atoms with Gasteiger partial charge in [-0.15, -0.1) is 0 Å². The molecule has 29 heavy (non-hydrogen) atoms. The normalized spacial score (nSPS) is 36.6. The van der Waals surface area contributed by atoms with Gasteiger partial charge in [0.05, 0.1) is 6.61 Å². The second kappa shape index (κ2) is 6.70. The van der Waals surface area contributed by atoms with Crippen LogP contribution in [0.15, 0.2) is 0 Å². The standard InChI is InChI=1S/C13H19F3NO10S2/c1-10(2)24-7-5-22-12(9(8(7)25-10)26-11(3,4)27-12)6-23-29(20,21)17-28(18,19)13(14,15)16/h7-9H,5-6H2,1-4H3/q-1/t7-,8?,9+,12+/m1/s1. The van der Waals surface area contributed by atoms with Gasteiger partial charge >= 0.3 is 5.51 Å². The third-order valence-electron chi connectivity index (χ3n) is 4.17. The van der Waals surface area contributed by atoms with E-state index in [2.05, 4.69) is 4.18 Å². The minimum Gasteiger partial charge on any atom is -0.404 e. The van der Waals surface area contributed by atoms with Gasteiger partial charge in [0.25, 0.3) is 0 Å². The van der Waals surface area contributed by atoms with Crippen LogP contribution in [0.4, 0.5) is 13.2 Å². The van der Waals surface area contributed by atoms with Gasteiger partial charge in [-0.05, 0) is 27.7 Å². The Kier molecular flexibility index (Phi) is 5.33. The van der Waals surface area contributed by atoms with Gasteiger partial charge in [0.1, 0.15) is 24.9 Å². The van der Waals surface area contributed by atoms with Crippen LogP contribution >= 0.6 is 0 Å². The first-order valence-electron chi connectivity index (χ1n) is 8.20. The number of sulfonamides is 1. The van der Waals surface area contributed by atoms with Gasteiger partial charge in [0.2, 0.25) is 16.1 Å². The molecule has 3 fully saturated rings. The lowest BCUT2D eigenvalue weighted by molar-refractivity contribution is -0.290. The summed E-state index contributed by atoms with van der Waals surface area (Å²) in [6.45, 7) is 5.07. The molecule has 0 spiro atoms. The molecule has 0 N–H and O–H groups in total. The van der Waals surface area contributed by atoms with Crippen LogP contribution in [0, 0.1) is 0 Å². The van der Waals surface area contributed by atoms with Crippen molar-refractivity contribution in [3.8, 4) is 0 Å². The topological polar surface area (TPSA) is 138 Å². The van der Waals surface area contributed by atoms with Crippen molar-refractivity contribution in [1.29, 1.82) is 0 Å². The summed E-state index contributed by atoms with van der Waals surface area (Å²) in [5.41, 5.74) is -5.91. The molecule has 0 radical (unpaired) electrons. The molecule has 0 aromatic rings. The zero-order chi connectivity index (χ0) is 22.1. The molecule has 3 heterocycles. The van der Waals surface area contributed by atoms with E-state index in [1.54, 1.807) is 13.8 Å². The summed E-state index contributed by atoms with van der Waals surface area (Å²) in [7, 11) is -11.8. The summed E-state index contributed by atoms with van der Waals surface area (Å²) in [5, 5.41) is 0. The first-order valence-corrected chi connectivity index (χ1v) is 11.0. The van der Waals surface area contributed by atoms with Crippen LogP contribution in [0.3, 0.4) is 0 Å². The Morgan fingerprint density at radius 3 is 2.24 bits per heavy atom. The van der Waals surface area contributed by atoms with Gasteiger partial charge in [0.15, 0.2) is 21.6 Å². The minimum atomic E-state index is -6.33. The molecule has 170 valence electrons. The van der Waals surface area contributed by atoms with E-state index in [-0.39, 0.29) is 6.61 Å². The Bertz CT molecular complexity index is 872. The first kappa shape index (κ1) is 23.1. The lowest BCUT2D eigenvalue weighted by Gasteiger charge is -2.40. The van der Waals surface area contributed by atoms with E-state index in [1.807, 2.05) is 4.13 Å². The highest BCUT2D eigenvalue weighted by atomic mass is 32.3. The van der Waals surface area contributed by atoms with E-state index in [0.717, 1.165) is 0 Å². The highest BCUT2D eigenvalue weighted by molar-refractivity contribution is 8.10. The number of alkyl halides is 3. The molecule has 1 unspecified atom stereocenters. The number of hydrogen-bond donors (Lipinski definition) is 0. The van der Waals surface area contributed by atoms with Gasteiger partial charge in [-0.1, -0.05) is 0 Å². The molecule has 0 aromatic carbocycles. The zero-order valence-electron chi connectivity index (χ0n) is 15.6. The van der Waals surface area contributed by atoms with Crippen LogP contribution in [0.5, 0.6) is 0 Å². The third-order valence-corrected chi connectivity index (χ3v) is 6.68. The second-order valence-corrected chi connectivity index (χ2v) is 10.6. The number of rotatable bonds is 5.